The summed E-state index contributed by atoms with van der Waals surface area (Å²) in [6, 6.07) is 8.16. The first kappa shape index (κ1) is 17.8. The predicted octanol–water partition coefficient (Wildman–Crippen LogP) is 4.32. The summed E-state index contributed by atoms with van der Waals surface area (Å²) in [5.74, 6) is -0.0632. The number of rotatable bonds is 6. The molecule has 1 heterocycles. The molecule has 25 heavy (non-hydrogen) atoms. The van der Waals surface area contributed by atoms with Crippen LogP contribution in [0.25, 0.3) is 11.3 Å². The van der Waals surface area contributed by atoms with Gasteiger partial charge in [-0.05, 0) is 56.0 Å². The van der Waals surface area contributed by atoms with Crippen LogP contribution in [0.2, 0.25) is 10.0 Å². The molecule has 0 saturated heterocycles. The Labute approximate surface area is 155 Å². The molecule has 0 spiro atoms. The van der Waals surface area contributed by atoms with Crippen molar-refractivity contribution >= 4 is 35.1 Å². The number of carbonyl (C=O) groups is 2. The van der Waals surface area contributed by atoms with E-state index in [4.69, 9.17) is 32.4 Å². The zero-order chi connectivity index (χ0) is 18.0. The van der Waals surface area contributed by atoms with Gasteiger partial charge in [-0.15, -0.1) is 0 Å². The van der Waals surface area contributed by atoms with Gasteiger partial charge in [0.2, 0.25) is 5.76 Å². The lowest BCUT2D eigenvalue weighted by Crippen LogP contribution is -2.37. The number of hydrogen-bond donors (Lipinski definition) is 1. The Hall–Kier alpha value is -1.98. The summed E-state index contributed by atoms with van der Waals surface area (Å²) >= 11 is 12.0. The van der Waals surface area contributed by atoms with Gasteiger partial charge in [-0.2, -0.15) is 0 Å². The number of esters is 1. The zero-order valence-electron chi connectivity index (χ0n) is 13.6. The fourth-order valence-electron chi connectivity index (χ4n) is 2.49. The molecule has 1 N–H and O–H groups in total. The summed E-state index contributed by atoms with van der Waals surface area (Å²) in [5.41, 5.74) is 0.612. The molecule has 7 heteroatoms. The fourth-order valence-corrected chi connectivity index (χ4v) is 3.00. The average Bonchev–Trinajstić information content (AvgIpc) is 3.31. The number of nitrogens with one attached hydrogen (secondary N) is 1. The topological polar surface area (TPSA) is 68.5 Å². The van der Waals surface area contributed by atoms with Crippen LogP contribution in [0.15, 0.2) is 34.7 Å². The SMILES string of the molecule is C[C@@H](NC(=O)COC(=O)c1ccc(-c2ccc(Cl)cc2Cl)o1)C1CC1. The first-order chi connectivity index (χ1) is 11.9. The molecule has 0 bridgehead atoms. The molecule has 3 rings (SSSR count). The summed E-state index contributed by atoms with van der Waals surface area (Å²) in [5, 5.41) is 3.73. The third-order valence-corrected chi connectivity index (χ3v) is 4.60. The summed E-state index contributed by atoms with van der Waals surface area (Å²) in [6.07, 6.45) is 2.26. The Morgan fingerprint density at radius 3 is 2.72 bits per heavy atom. The van der Waals surface area contributed by atoms with Crippen LogP contribution in [0.3, 0.4) is 0 Å². The van der Waals surface area contributed by atoms with Gasteiger partial charge < -0.3 is 14.5 Å². The second kappa shape index (κ2) is 7.50. The van der Waals surface area contributed by atoms with Gasteiger partial charge in [-0.3, -0.25) is 4.79 Å². The maximum absolute atomic E-state index is 12.0. The molecule has 1 fully saturated rings. The number of ether oxygens (including phenoxy) is 1. The number of hydrogen-bond acceptors (Lipinski definition) is 4. The van der Waals surface area contributed by atoms with Gasteiger partial charge >= 0.3 is 5.97 Å². The smallest absolute Gasteiger partial charge is 0.374 e. The van der Waals surface area contributed by atoms with Crippen LogP contribution in [-0.2, 0) is 9.53 Å². The first-order valence-corrected chi connectivity index (χ1v) is 8.71. The lowest BCUT2D eigenvalue weighted by Gasteiger charge is -2.12. The second-order valence-corrected chi connectivity index (χ2v) is 6.90. The van der Waals surface area contributed by atoms with E-state index in [1.807, 2.05) is 6.92 Å². The summed E-state index contributed by atoms with van der Waals surface area (Å²) < 4.78 is 10.5. The van der Waals surface area contributed by atoms with Gasteiger partial charge in [-0.25, -0.2) is 4.79 Å². The highest BCUT2D eigenvalue weighted by molar-refractivity contribution is 6.36. The minimum Gasteiger partial charge on any atom is -0.450 e. The van der Waals surface area contributed by atoms with Crippen LogP contribution < -0.4 is 5.32 Å². The van der Waals surface area contributed by atoms with Crippen molar-refractivity contribution in [1.29, 1.82) is 0 Å². The molecule has 132 valence electrons. The quantitative estimate of drug-likeness (QED) is 0.756. The van der Waals surface area contributed by atoms with Gasteiger partial charge in [0.05, 0.1) is 5.02 Å². The van der Waals surface area contributed by atoms with Gasteiger partial charge in [0.25, 0.3) is 5.91 Å². The number of benzene rings is 1. The van der Waals surface area contributed by atoms with Crippen LogP contribution in [0.1, 0.15) is 30.3 Å². The molecular weight excluding hydrogens is 365 g/mol. The average molecular weight is 382 g/mol. The van der Waals surface area contributed by atoms with Gasteiger partial charge in [0, 0.05) is 16.6 Å². The number of halogens is 2. The normalized spacial score (nSPS) is 14.8. The number of amides is 1. The van der Waals surface area contributed by atoms with Crippen LogP contribution in [0.4, 0.5) is 0 Å². The molecule has 2 aromatic rings. The first-order valence-electron chi connectivity index (χ1n) is 7.96. The van der Waals surface area contributed by atoms with Crippen molar-refractivity contribution in [3.63, 3.8) is 0 Å². The molecule has 1 aliphatic carbocycles. The lowest BCUT2D eigenvalue weighted by molar-refractivity contribution is -0.125. The van der Waals surface area contributed by atoms with E-state index in [-0.39, 0.29) is 24.3 Å². The molecule has 1 amide bonds. The van der Waals surface area contributed by atoms with Crippen molar-refractivity contribution in [2.75, 3.05) is 6.61 Å². The van der Waals surface area contributed by atoms with E-state index < -0.39 is 5.97 Å². The Morgan fingerprint density at radius 1 is 1.28 bits per heavy atom. The van der Waals surface area contributed by atoms with E-state index in [0.29, 0.717) is 27.3 Å². The molecule has 1 aliphatic rings. The highest BCUT2D eigenvalue weighted by Gasteiger charge is 2.29. The lowest BCUT2D eigenvalue weighted by atomic mass is 10.2. The van der Waals surface area contributed by atoms with Crippen molar-refractivity contribution in [3.05, 3.63) is 46.1 Å². The largest absolute Gasteiger partial charge is 0.450 e. The van der Waals surface area contributed by atoms with Crippen molar-refractivity contribution in [1.82, 2.24) is 5.32 Å². The second-order valence-electron chi connectivity index (χ2n) is 6.06. The third-order valence-electron chi connectivity index (χ3n) is 4.06. The van der Waals surface area contributed by atoms with Crippen LogP contribution in [-0.4, -0.2) is 24.5 Å². The molecule has 1 saturated carbocycles. The Morgan fingerprint density at radius 2 is 2.04 bits per heavy atom. The van der Waals surface area contributed by atoms with E-state index in [9.17, 15) is 9.59 Å². The Kier molecular flexibility index (Phi) is 5.35. The van der Waals surface area contributed by atoms with E-state index >= 15 is 0 Å². The van der Waals surface area contributed by atoms with Crippen molar-refractivity contribution in [2.24, 2.45) is 5.92 Å². The van der Waals surface area contributed by atoms with Crippen molar-refractivity contribution < 1.29 is 18.7 Å². The zero-order valence-corrected chi connectivity index (χ0v) is 15.1. The maximum atomic E-state index is 12.0. The molecular formula is C18H17Cl2NO4. The monoisotopic (exact) mass is 381 g/mol. The molecule has 0 radical (unpaired) electrons. The molecule has 1 atom stereocenters. The summed E-state index contributed by atoms with van der Waals surface area (Å²) in [6.45, 7) is 1.61. The van der Waals surface area contributed by atoms with Crippen molar-refractivity contribution in [2.45, 2.75) is 25.8 Å². The minimum absolute atomic E-state index is 0.00376. The molecule has 0 aliphatic heterocycles. The maximum Gasteiger partial charge on any atom is 0.374 e. The highest BCUT2D eigenvalue weighted by atomic mass is 35.5. The molecule has 1 aromatic carbocycles. The van der Waals surface area contributed by atoms with Crippen molar-refractivity contribution in [3.8, 4) is 11.3 Å². The molecule has 0 unspecified atom stereocenters. The Balaban J connectivity index is 1.57. The van der Waals surface area contributed by atoms with E-state index in [1.54, 1.807) is 24.3 Å². The summed E-state index contributed by atoms with van der Waals surface area (Å²) in [7, 11) is 0. The van der Waals surface area contributed by atoms with E-state index in [1.165, 1.54) is 6.07 Å². The number of furan rings is 1. The third kappa shape index (κ3) is 4.55. The summed E-state index contributed by atoms with van der Waals surface area (Å²) in [4.78, 5) is 23.8. The van der Waals surface area contributed by atoms with Gasteiger partial charge in [0.15, 0.2) is 6.61 Å². The highest BCUT2D eigenvalue weighted by Crippen LogP contribution is 2.32. The molecule has 5 nitrogen and oxygen atoms in total. The Bertz CT molecular complexity index is 798. The van der Waals surface area contributed by atoms with Gasteiger partial charge in [0.1, 0.15) is 5.76 Å². The standard InChI is InChI=1S/C18H17Cl2NO4/c1-10(11-2-3-11)21-17(22)9-24-18(23)16-7-6-15(25-16)13-5-4-12(19)8-14(13)20/h4-8,10-11H,2-3,9H2,1H3,(H,21,22)/t10-/m1/s1. The fraction of sp³-hybridized carbons (Fsp3) is 0.333. The minimum atomic E-state index is -0.703. The van der Waals surface area contributed by atoms with Gasteiger partial charge in [-0.1, -0.05) is 23.2 Å². The van der Waals surface area contributed by atoms with Crippen LogP contribution >= 0.6 is 23.2 Å². The molecule has 1 aromatic heterocycles. The predicted molar refractivity (Wildman–Crippen MR) is 94.8 cm³/mol. The van der Waals surface area contributed by atoms with E-state index in [2.05, 4.69) is 5.32 Å². The van der Waals surface area contributed by atoms with E-state index in [0.717, 1.165) is 12.8 Å². The van der Waals surface area contributed by atoms with Crippen LogP contribution in [0, 0.1) is 5.92 Å². The van der Waals surface area contributed by atoms with Crippen LogP contribution in [0.5, 0.6) is 0 Å². The number of carbonyl (C=O) groups excluding carboxylic acids is 2.